The molecule has 2 N–H and O–H groups in total. The minimum atomic E-state index is -0.455. The molecule has 0 aliphatic carbocycles. The van der Waals surface area contributed by atoms with Crippen LogP contribution < -0.4 is 10.9 Å². The lowest BCUT2D eigenvalue weighted by atomic mass is 10.5. The summed E-state index contributed by atoms with van der Waals surface area (Å²) in [6.45, 7) is 1.71. The Kier molecular flexibility index (Phi) is 1.80. The van der Waals surface area contributed by atoms with Crippen LogP contribution in [0.3, 0.4) is 0 Å². The minimum Gasteiger partial charge on any atom is -0.339 e. The largest absolute Gasteiger partial charge is 0.343 e. The summed E-state index contributed by atoms with van der Waals surface area (Å²) in [7, 11) is 1.46. The van der Waals surface area contributed by atoms with Crippen LogP contribution in [-0.4, -0.2) is 22.9 Å². The van der Waals surface area contributed by atoms with E-state index in [0.29, 0.717) is 5.69 Å². The van der Waals surface area contributed by atoms with E-state index < -0.39 is 6.03 Å². The molecule has 1 heterocycles. The molecule has 0 aromatic carbocycles. The Labute approximate surface area is 63.0 Å². The third-order valence-electron chi connectivity index (χ3n) is 1.27. The van der Waals surface area contributed by atoms with Crippen molar-refractivity contribution in [2.24, 2.45) is 0 Å². The molecule has 0 unspecified atom stereocenters. The first-order valence-electron chi connectivity index (χ1n) is 3.16. The van der Waals surface area contributed by atoms with E-state index in [1.54, 1.807) is 6.92 Å². The van der Waals surface area contributed by atoms with Gasteiger partial charge in [-0.05, 0) is 6.92 Å². The van der Waals surface area contributed by atoms with Crippen molar-refractivity contribution in [2.75, 3.05) is 7.05 Å². The molecule has 0 aliphatic rings. The van der Waals surface area contributed by atoms with Gasteiger partial charge >= 0.3 is 6.03 Å². The number of nitrogens with one attached hydrogen (secondary N) is 2. The van der Waals surface area contributed by atoms with Crippen molar-refractivity contribution in [1.29, 1.82) is 0 Å². The zero-order chi connectivity index (χ0) is 8.43. The molecule has 5 heteroatoms. The van der Waals surface area contributed by atoms with Crippen molar-refractivity contribution in [3.63, 3.8) is 0 Å². The van der Waals surface area contributed by atoms with Crippen molar-refractivity contribution < 1.29 is 4.79 Å². The summed E-state index contributed by atoms with van der Waals surface area (Å²) in [4.78, 5) is 21.8. The Hall–Kier alpha value is -1.52. The number of amides is 1. The molecule has 0 radical (unpaired) electrons. The molecule has 0 bridgehead atoms. The van der Waals surface area contributed by atoms with Crippen molar-refractivity contribution in [3.05, 3.63) is 22.1 Å². The highest BCUT2D eigenvalue weighted by molar-refractivity contribution is 5.75. The Bertz CT molecular complexity index is 323. The summed E-state index contributed by atoms with van der Waals surface area (Å²) in [5, 5.41) is 4.92. The number of nitrogens with zero attached hydrogens (tertiary/aromatic N) is 1. The smallest absolute Gasteiger partial charge is 0.339 e. The van der Waals surface area contributed by atoms with E-state index >= 15 is 0 Å². The first kappa shape index (κ1) is 7.59. The number of hydrogen-bond acceptors (Lipinski definition) is 2. The summed E-state index contributed by atoms with van der Waals surface area (Å²) in [5.74, 6) is 0. The minimum absolute atomic E-state index is 0.346. The highest BCUT2D eigenvalue weighted by Gasteiger charge is 2.05. The number of aromatic nitrogens is 2. The number of rotatable bonds is 0. The molecule has 0 saturated carbocycles. The van der Waals surface area contributed by atoms with Crippen molar-refractivity contribution in [1.82, 2.24) is 15.1 Å². The van der Waals surface area contributed by atoms with Crippen molar-refractivity contribution in [2.45, 2.75) is 6.92 Å². The van der Waals surface area contributed by atoms with Crippen LogP contribution in [0.1, 0.15) is 5.69 Å². The number of aryl methyl sites for hydroxylation is 1. The molecule has 11 heavy (non-hydrogen) atoms. The van der Waals surface area contributed by atoms with Crippen LogP contribution in [0.5, 0.6) is 0 Å². The predicted molar refractivity (Wildman–Crippen MR) is 39.6 cm³/mol. The van der Waals surface area contributed by atoms with Crippen LogP contribution in [0.15, 0.2) is 10.9 Å². The fourth-order valence-corrected chi connectivity index (χ4v) is 0.776. The fourth-order valence-electron chi connectivity index (χ4n) is 0.776. The highest BCUT2D eigenvalue weighted by Crippen LogP contribution is 1.83. The van der Waals surface area contributed by atoms with E-state index in [0.717, 1.165) is 4.68 Å². The van der Waals surface area contributed by atoms with Gasteiger partial charge in [-0.15, -0.1) is 0 Å². The van der Waals surface area contributed by atoms with Crippen LogP contribution >= 0.6 is 0 Å². The zero-order valence-electron chi connectivity index (χ0n) is 6.34. The lowest BCUT2D eigenvalue weighted by Crippen LogP contribution is -2.32. The van der Waals surface area contributed by atoms with Gasteiger partial charge in [0.05, 0.1) is 0 Å². The molecule has 0 fully saturated rings. The van der Waals surface area contributed by atoms with Crippen LogP contribution in [-0.2, 0) is 0 Å². The Morgan fingerprint density at radius 3 is 2.73 bits per heavy atom. The standard InChI is InChI=1S/C6H9N3O2/c1-4-3-5(10)9(8-4)6(11)7-2/h3,8H,1-2H3,(H,7,11). The highest BCUT2D eigenvalue weighted by atomic mass is 16.2. The SMILES string of the molecule is CNC(=O)n1[nH]c(C)cc1=O. The second kappa shape index (κ2) is 2.61. The lowest BCUT2D eigenvalue weighted by Gasteiger charge is -1.96. The van der Waals surface area contributed by atoms with Gasteiger partial charge in [0.15, 0.2) is 0 Å². The topological polar surface area (TPSA) is 66.9 Å². The molecule has 1 amide bonds. The van der Waals surface area contributed by atoms with E-state index in [2.05, 4.69) is 10.4 Å². The molecule has 1 aromatic heterocycles. The van der Waals surface area contributed by atoms with E-state index in [1.807, 2.05) is 0 Å². The Morgan fingerprint density at radius 2 is 2.36 bits per heavy atom. The van der Waals surface area contributed by atoms with E-state index in [-0.39, 0.29) is 5.56 Å². The number of aromatic amines is 1. The summed E-state index contributed by atoms with van der Waals surface area (Å²) in [6.07, 6.45) is 0. The second-order valence-electron chi connectivity index (χ2n) is 2.17. The fraction of sp³-hybridized carbons (Fsp3) is 0.333. The van der Waals surface area contributed by atoms with E-state index in [9.17, 15) is 9.59 Å². The summed E-state index contributed by atoms with van der Waals surface area (Å²) < 4.78 is 0.912. The van der Waals surface area contributed by atoms with Crippen LogP contribution in [0.2, 0.25) is 0 Å². The molecule has 1 rings (SSSR count). The first-order chi connectivity index (χ1) is 5.15. The van der Waals surface area contributed by atoms with Gasteiger partial charge in [-0.3, -0.25) is 9.89 Å². The van der Waals surface area contributed by atoms with E-state index in [1.165, 1.54) is 13.1 Å². The van der Waals surface area contributed by atoms with Gasteiger partial charge in [0.1, 0.15) is 0 Å². The van der Waals surface area contributed by atoms with Crippen LogP contribution in [0, 0.1) is 6.92 Å². The van der Waals surface area contributed by atoms with Crippen LogP contribution in [0.25, 0.3) is 0 Å². The third-order valence-corrected chi connectivity index (χ3v) is 1.27. The Balaban J connectivity index is 3.13. The molecule has 5 nitrogen and oxygen atoms in total. The normalized spacial score (nSPS) is 9.64. The van der Waals surface area contributed by atoms with Gasteiger partial charge in [-0.2, -0.15) is 4.68 Å². The van der Waals surface area contributed by atoms with Gasteiger partial charge in [0.25, 0.3) is 5.56 Å². The molecule has 60 valence electrons. The van der Waals surface area contributed by atoms with E-state index in [4.69, 9.17) is 0 Å². The predicted octanol–water partition coefficient (Wildman–Crippen LogP) is -0.328. The molecular weight excluding hydrogens is 146 g/mol. The molecule has 1 aromatic rings. The number of H-pyrrole nitrogens is 1. The van der Waals surface area contributed by atoms with Gasteiger partial charge in [0, 0.05) is 18.8 Å². The zero-order valence-corrected chi connectivity index (χ0v) is 6.34. The van der Waals surface area contributed by atoms with Gasteiger partial charge in [-0.1, -0.05) is 0 Å². The maximum atomic E-state index is 10.9. The Morgan fingerprint density at radius 1 is 1.73 bits per heavy atom. The molecular formula is C6H9N3O2. The number of hydrogen-bond donors (Lipinski definition) is 2. The molecule has 0 spiro atoms. The first-order valence-corrected chi connectivity index (χ1v) is 3.16. The maximum Gasteiger partial charge on any atom is 0.343 e. The average Bonchev–Trinajstić information content (AvgIpc) is 2.28. The monoisotopic (exact) mass is 155 g/mol. The number of carbonyl (C=O) groups is 1. The van der Waals surface area contributed by atoms with Crippen LogP contribution in [0.4, 0.5) is 4.79 Å². The summed E-state index contributed by atoms with van der Waals surface area (Å²) in [5.41, 5.74) is 0.320. The van der Waals surface area contributed by atoms with Crippen molar-refractivity contribution >= 4 is 6.03 Å². The van der Waals surface area contributed by atoms with Crippen molar-refractivity contribution in [3.8, 4) is 0 Å². The lowest BCUT2D eigenvalue weighted by molar-refractivity contribution is 0.241. The molecule has 0 aliphatic heterocycles. The number of carbonyl (C=O) groups excluding carboxylic acids is 1. The van der Waals surface area contributed by atoms with Gasteiger partial charge < -0.3 is 5.32 Å². The van der Waals surface area contributed by atoms with Gasteiger partial charge in [-0.25, -0.2) is 4.79 Å². The second-order valence-corrected chi connectivity index (χ2v) is 2.17. The quantitative estimate of drug-likeness (QED) is 0.538. The summed E-state index contributed by atoms with van der Waals surface area (Å²) >= 11 is 0. The molecule has 0 atom stereocenters. The summed E-state index contributed by atoms with van der Waals surface area (Å²) in [6, 6.07) is 0.901. The third kappa shape index (κ3) is 1.31. The average molecular weight is 155 g/mol. The van der Waals surface area contributed by atoms with Gasteiger partial charge in [0.2, 0.25) is 0 Å². The molecule has 0 saturated heterocycles. The maximum absolute atomic E-state index is 10.9.